The first-order chi connectivity index (χ1) is 11.2. The number of aliphatic hydroxyl groups is 3. The van der Waals surface area contributed by atoms with E-state index in [9.17, 15) is 15.3 Å². The third-order valence-corrected chi connectivity index (χ3v) is 8.98. The molecule has 0 aromatic carbocycles. The monoisotopic (exact) mass is 334 g/mol. The van der Waals surface area contributed by atoms with Crippen molar-refractivity contribution in [2.45, 2.75) is 89.9 Å². The highest BCUT2D eigenvalue weighted by Gasteiger charge is 2.64. The van der Waals surface area contributed by atoms with E-state index >= 15 is 0 Å². The SMILES string of the molecule is C[C@@H](O)[C@]1(O)CC[C@@H]2[C@H]3CC=C4C[C@@H](O)CC[C@]4(C)[C@@H]3CC[C@@]21C. The number of allylic oxidation sites excluding steroid dienone is 1. The van der Waals surface area contributed by atoms with Crippen LogP contribution in [0.15, 0.2) is 11.6 Å². The van der Waals surface area contributed by atoms with Crippen LogP contribution in [0, 0.1) is 28.6 Å². The fourth-order valence-electron chi connectivity index (χ4n) is 7.38. The summed E-state index contributed by atoms with van der Waals surface area (Å²) in [4.78, 5) is 0. The van der Waals surface area contributed by atoms with Crippen molar-refractivity contribution in [3.05, 3.63) is 11.6 Å². The van der Waals surface area contributed by atoms with Crippen molar-refractivity contribution in [2.24, 2.45) is 28.6 Å². The second-order valence-electron chi connectivity index (χ2n) is 9.75. The van der Waals surface area contributed by atoms with Crippen LogP contribution in [0.4, 0.5) is 0 Å². The van der Waals surface area contributed by atoms with E-state index in [1.54, 1.807) is 6.92 Å². The van der Waals surface area contributed by atoms with E-state index in [0.717, 1.165) is 51.4 Å². The molecule has 0 amide bonds. The second kappa shape index (κ2) is 5.31. The zero-order chi connectivity index (χ0) is 17.3. The maximum atomic E-state index is 11.2. The zero-order valence-corrected chi connectivity index (χ0v) is 15.5. The van der Waals surface area contributed by atoms with Gasteiger partial charge in [0.2, 0.25) is 0 Å². The Morgan fingerprint density at radius 1 is 1.08 bits per heavy atom. The topological polar surface area (TPSA) is 60.7 Å². The quantitative estimate of drug-likeness (QED) is 0.644. The van der Waals surface area contributed by atoms with Crippen molar-refractivity contribution in [3.8, 4) is 0 Å². The van der Waals surface area contributed by atoms with E-state index in [2.05, 4.69) is 19.9 Å². The predicted octanol–water partition coefficient (Wildman–Crippen LogP) is 3.42. The molecule has 4 aliphatic carbocycles. The molecule has 3 nitrogen and oxygen atoms in total. The molecule has 3 saturated carbocycles. The number of fused-ring (bicyclic) bond motifs is 5. The van der Waals surface area contributed by atoms with E-state index in [-0.39, 0.29) is 16.9 Å². The molecule has 0 aliphatic heterocycles. The first-order valence-corrected chi connectivity index (χ1v) is 10.0. The summed E-state index contributed by atoms with van der Waals surface area (Å²) in [6.45, 7) is 6.43. The third kappa shape index (κ3) is 2.01. The van der Waals surface area contributed by atoms with E-state index in [0.29, 0.717) is 17.8 Å². The molecule has 0 bridgehead atoms. The lowest BCUT2D eigenvalue weighted by Gasteiger charge is -2.59. The van der Waals surface area contributed by atoms with Crippen molar-refractivity contribution in [2.75, 3.05) is 0 Å². The maximum Gasteiger partial charge on any atom is 0.0958 e. The average Bonchev–Trinajstić information content (AvgIpc) is 2.81. The van der Waals surface area contributed by atoms with Gasteiger partial charge in [-0.2, -0.15) is 0 Å². The highest BCUT2D eigenvalue weighted by molar-refractivity contribution is 5.26. The van der Waals surface area contributed by atoms with E-state index < -0.39 is 11.7 Å². The van der Waals surface area contributed by atoms with Crippen LogP contribution in [0.2, 0.25) is 0 Å². The van der Waals surface area contributed by atoms with Gasteiger partial charge in [0.05, 0.1) is 17.8 Å². The number of rotatable bonds is 1. The summed E-state index contributed by atoms with van der Waals surface area (Å²) in [6, 6.07) is 0. The zero-order valence-electron chi connectivity index (χ0n) is 15.5. The number of hydrogen-bond donors (Lipinski definition) is 3. The van der Waals surface area contributed by atoms with Gasteiger partial charge in [-0.15, -0.1) is 0 Å². The summed E-state index contributed by atoms with van der Waals surface area (Å²) in [5.74, 6) is 1.82. The maximum absolute atomic E-state index is 11.2. The summed E-state index contributed by atoms with van der Waals surface area (Å²) < 4.78 is 0. The van der Waals surface area contributed by atoms with Gasteiger partial charge in [-0.3, -0.25) is 0 Å². The van der Waals surface area contributed by atoms with Gasteiger partial charge in [0.25, 0.3) is 0 Å². The fraction of sp³-hybridized carbons (Fsp3) is 0.905. The Hall–Kier alpha value is -0.380. The standard InChI is InChI=1S/C21H34O3/c1-13(22)21(24)11-8-18-16-5-4-14-12-15(23)6-9-19(14,2)17(16)7-10-20(18,21)3/h4,13,15-18,22-24H,5-12H2,1-3H3/t13-,15+,16+,17-,18-,19+,20+,21-/m1/s1. The largest absolute Gasteiger partial charge is 0.393 e. The van der Waals surface area contributed by atoms with Gasteiger partial charge >= 0.3 is 0 Å². The predicted molar refractivity (Wildman–Crippen MR) is 94.3 cm³/mol. The summed E-state index contributed by atoms with van der Waals surface area (Å²) in [5, 5.41) is 31.6. The van der Waals surface area contributed by atoms with Crippen LogP contribution in [-0.2, 0) is 0 Å². The summed E-state index contributed by atoms with van der Waals surface area (Å²) >= 11 is 0. The Bertz CT molecular complexity index is 555. The molecule has 0 radical (unpaired) electrons. The minimum Gasteiger partial charge on any atom is -0.393 e. The minimum absolute atomic E-state index is 0.151. The lowest BCUT2D eigenvalue weighted by Crippen LogP contribution is -2.58. The molecule has 0 unspecified atom stereocenters. The lowest BCUT2D eigenvalue weighted by molar-refractivity contribution is -0.170. The Kier molecular flexibility index (Phi) is 3.77. The highest BCUT2D eigenvalue weighted by Crippen LogP contribution is 2.67. The molecule has 0 spiro atoms. The van der Waals surface area contributed by atoms with Crippen LogP contribution in [0.25, 0.3) is 0 Å². The Morgan fingerprint density at radius 3 is 2.50 bits per heavy atom. The molecule has 3 N–H and O–H groups in total. The van der Waals surface area contributed by atoms with Crippen LogP contribution in [0.3, 0.4) is 0 Å². The highest BCUT2D eigenvalue weighted by atomic mass is 16.3. The summed E-state index contributed by atoms with van der Waals surface area (Å²) in [7, 11) is 0. The second-order valence-corrected chi connectivity index (χ2v) is 9.75. The Balaban J connectivity index is 1.68. The van der Waals surface area contributed by atoms with Gasteiger partial charge < -0.3 is 15.3 Å². The van der Waals surface area contributed by atoms with Crippen LogP contribution < -0.4 is 0 Å². The third-order valence-electron chi connectivity index (χ3n) is 8.98. The Morgan fingerprint density at radius 2 is 1.79 bits per heavy atom. The Labute approximate surface area is 146 Å². The van der Waals surface area contributed by atoms with Gasteiger partial charge in [0.1, 0.15) is 0 Å². The van der Waals surface area contributed by atoms with Gasteiger partial charge in [-0.25, -0.2) is 0 Å². The van der Waals surface area contributed by atoms with Crippen molar-refractivity contribution in [3.63, 3.8) is 0 Å². The molecule has 4 rings (SSSR count). The molecule has 136 valence electrons. The van der Waals surface area contributed by atoms with Crippen LogP contribution in [-0.4, -0.2) is 33.1 Å². The molecule has 3 heteroatoms. The van der Waals surface area contributed by atoms with Crippen LogP contribution in [0.1, 0.15) is 72.1 Å². The van der Waals surface area contributed by atoms with E-state index in [4.69, 9.17) is 0 Å². The first kappa shape index (κ1) is 17.1. The first-order valence-electron chi connectivity index (χ1n) is 10.0. The molecular weight excluding hydrogens is 300 g/mol. The average molecular weight is 335 g/mol. The van der Waals surface area contributed by atoms with Crippen LogP contribution in [0.5, 0.6) is 0 Å². The van der Waals surface area contributed by atoms with Gasteiger partial charge in [-0.1, -0.05) is 25.5 Å². The molecule has 3 fully saturated rings. The molecular formula is C21H34O3. The number of aliphatic hydroxyl groups excluding tert-OH is 2. The van der Waals surface area contributed by atoms with Crippen molar-refractivity contribution >= 4 is 0 Å². The van der Waals surface area contributed by atoms with Crippen molar-refractivity contribution in [1.82, 2.24) is 0 Å². The molecule has 8 atom stereocenters. The van der Waals surface area contributed by atoms with Crippen LogP contribution >= 0.6 is 0 Å². The molecule has 0 aromatic rings. The molecule has 4 aliphatic rings. The van der Waals surface area contributed by atoms with Crippen molar-refractivity contribution < 1.29 is 15.3 Å². The molecule has 0 heterocycles. The smallest absolute Gasteiger partial charge is 0.0958 e. The minimum atomic E-state index is -0.920. The lowest BCUT2D eigenvalue weighted by atomic mass is 9.46. The molecule has 24 heavy (non-hydrogen) atoms. The van der Waals surface area contributed by atoms with Gasteiger partial charge in [0.15, 0.2) is 0 Å². The number of hydrogen-bond acceptors (Lipinski definition) is 3. The van der Waals surface area contributed by atoms with Gasteiger partial charge in [0, 0.05) is 5.41 Å². The van der Waals surface area contributed by atoms with E-state index in [1.165, 1.54) is 5.57 Å². The van der Waals surface area contributed by atoms with Gasteiger partial charge in [-0.05, 0) is 81.5 Å². The summed E-state index contributed by atoms with van der Waals surface area (Å²) in [5.41, 5.74) is 0.665. The van der Waals surface area contributed by atoms with E-state index in [1.807, 2.05) is 0 Å². The fourth-order valence-corrected chi connectivity index (χ4v) is 7.38. The molecule has 0 aromatic heterocycles. The van der Waals surface area contributed by atoms with Crippen molar-refractivity contribution in [1.29, 1.82) is 0 Å². The normalized spacial score (nSPS) is 55.2. The summed E-state index contributed by atoms with van der Waals surface area (Å²) in [6.07, 6.45) is 9.56. The molecule has 0 saturated heterocycles.